The van der Waals surface area contributed by atoms with Crippen LogP contribution in [0.25, 0.3) is 0 Å². The minimum Gasteiger partial charge on any atom is -0.411 e. The van der Waals surface area contributed by atoms with Gasteiger partial charge in [-0.1, -0.05) is 27.8 Å². The van der Waals surface area contributed by atoms with Crippen LogP contribution >= 0.6 is 54.5 Å². The van der Waals surface area contributed by atoms with E-state index in [9.17, 15) is 25.0 Å². The van der Waals surface area contributed by atoms with E-state index >= 15 is 0 Å². The van der Waals surface area contributed by atoms with Crippen LogP contribution in [0.2, 0.25) is 0 Å². The van der Waals surface area contributed by atoms with Crippen LogP contribution in [-0.4, -0.2) is 27.6 Å². The molecule has 2 aromatic rings. The molecule has 13 heteroatoms. The Morgan fingerprint density at radius 1 is 1.04 bits per heavy atom. The van der Waals surface area contributed by atoms with Gasteiger partial charge in [-0.2, -0.15) is 0 Å². The SMILES string of the molecule is O=Cc1cc(Br)sc1[N+](=O)[O-].O=[N+]([O-])c1sc(Br)cc1C=NO. The lowest BCUT2D eigenvalue weighted by Gasteiger charge is -1.84. The second-order valence-corrected chi connectivity index (χ2v) is 8.32. The van der Waals surface area contributed by atoms with Gasteiger partial charge in [0.15, 0.2) is 6.29 Å². The molecule has 2 aromatic heterocycles. The molecule has 1 N–H and O–H groups in total. The molecule has 9 nitrogen and oxygen atoms in total. The second-order valence-electron chi connectivity index (χ2n) is 3.50. The van der Waals surface area contributed by atoms with Gasteiger partial charge < -0.3 is 5.21 Å². The van der Waals surface area contributed by atoms with Crippen molar-refractivity contribution in [1.82, 2.24) is 0 Å². The highest BCUT2D eigenvalue weighted by Gasteiger charge is 2.17. The van der Waals surface area contributed by atoms with Crippen LogP contribution < -0.4 is 0 Å². The van der Waals surface area contributed by atoms with E-state index in [-0.39, 0.29) is 15.6 Å². The molecule has 2 heterocycles. The summed E-state index contributed by atoms with van der Waals surface area (Å²) < 4.78 is 1.22. The topological polar surface area (TPSA) is 136 Å². The summed E-state index contributed by atoms with van der Waals surface area (Å²) in [6.45, 7) is 0. The van der Waals surface area contributed by atoms with Crippen molar-refractivity contribution in [2.45, 2.75) is 0 Å². The normalized spacial score (nSPS) is 10.2. The summed E-state index contributed by atoms with van der Waals surface area (Å²) in [4.78, 5) is 29.7. The van der Waals surface area contributed by atoms with Crippen molar-refractivity contribution in [3.05, 3.63) is 51.1 Å². The van der Waals surface area contributed by atoms with Crippen LogP contribution in [0.5, 0.6) is 0 Å². The minimum absolute atomic E-state index is 0.0420. The van der Waals surface area contributed by atoms with Gasteiger partial charge in [-0.15, -0.1) is 0 Å². The molecule has 0 aliphatic rings. The highest BCUT2D eigenvalue weighted by atomic mass is 79.9. The monoisotopic (exact) mass is 485 g/mol. The number of thiophene rings is 2. The molecule has 0 amide bonds. The maximum Gasteiger partial charge on any atom is 0.335 e. The average Bonchev–Trinajstić information content (AvgIpc) is 3.03. The largest absolute Gasteiger partial charge is 0.411 e. The summed E-state index contributed by atoms with van der Waals surface area (Å²) >= 11 is 8.05. The molecular formula is C10H5Br2N3O6S2. The molecule has 122 valence electrons. The first-order chi connectivity index (χ1) is 10.8. The van der Waals surface area contributed by atoms with Gasteiger partial charge in [0.1, 0.15) is 5.56 Å². The number of aldehydes is 1. The van der Waals surface area contributed by atoms with Crippen molar-refractivity contribution < 1.29 is 19.8 Å². The van der Waals surface area contributed by atoms with E-state index in [1.807, 2.05) is 0 Å². The number of halogens is 2. The highest BCUT2D eigenvalue weighted by Crippen LogP contribution is 2.33. The van der Waals surface area contributed by atoms with Gasteiger partial charge in [-0.3, -0.25) is 25.0 Å². The summed E-state index contributed by atoms with van der Waals surface area (Å²) in [5.74, 6) is 0. The van der Waals surface area contributed by atoms with E-state index in [0.717, 1.165) is 28.9 Å². The van der Waals surface area contributed by atoms with E-state index in [2.05, 4.69) is 37.0 Å². The van der Waals surface area contributed by atoms with Gasteiger partial charge in [0.05, 0.1) is 29.2 Å². The quantitative estimate of drug-likeness (QED) is 0.223. The lowest BCUT2D eigenvalue weighted by molar-refractivity contribution is -0.380. The minimum atomic E-state index is -0.570. The smallest absolute Gasteiger partial charge is 0.335 e. The van der Waals surface area contributed by atoms with E-state index in [1.54, 1.807) is 0 Å². The Morgan fingerprint density at radius 3 is 1.83 bits per heavy atom. The zero-order valence-corrected chi connectivity index (χ0v) is 15.5. The number of carbonyl (C=O) groups excluding carboxylic acids is 1. The summed E-state index contributed by atoms with van der Waals surface area (Å²) in [5.41, 5.74) is 0.409. The molecule has 0 bridgehead atoms. The molecule has 2 rings (SSSR count). The highest BCUT2D eigenvalue weighted by molar-refractivity contribution is 9.11. The number of hydrogen-bond acceptors (Lipinski definition) is 9. The third-order valence-electron chi connectivity index (χ3n) is 2.08. The molecule has 0 saturated heterocycles. The van der Waals surface area contributed by atoms with Gasteiger partial charge in [0, 0.05) is 0 Å². The van der Waals surface area contributed by atoms with Crippen LogP contribution in [0.4, 0.5) is 10.0 Å². The number of nitro groups is 2. The van der Waals surface area contributed by atoms with Gasteiger partial charge >= 0.3 is 10.0 Å². The summed E-state index contributed by atoms with van der Waals surface area (Å²) in [7, 11) is 0. The van der Waals surface area contributed by atoms with Crippen LogP contribution in [0.15, 0.2) is 24.9 Å². The number of carbonyl (C=O) groups is 1. The standard InChI is InChI=1S/C5H3BrN2O3S.C5H2BrNO3S/c6-4-1-3(2-7-9)5(12-4)8(10)11;6-4-1-3(2-8)5(11-4)7(9)10/h1-2,9H;1-2H. The molecule has 23 heavy (non-hydrogen) atoms. The van der Waals surface area contributed by atoms with E-state index in [1.165, 1.54) is 12.1 Å². The van der Waals surface area contributed by atoms with Crippen LogP contribution in [0.3, 0.4) is 0 Å². The van der Waals surface area contributed by atoms with Crippen molar-refractivity contribution in [2.24, 2.45) is 5.16 Å². The lowest BCUT2D eigenvalue weighted by atomic mass is 10.3. The van der Waals surface area contributed by atoms with Crippen LogP contribution in [0.1, 0.15) is 15.9 Å². The third-order valence-corrected chi connectivity index (χ3v) is 5.29. The molecule has 0 atom stereocenters. The number of hydrogen-bond donors (Lipinski definition) is 1. The van der Waals surface area contributed by atoms with Crippen molar-refractivity contribution in [3.63, 3.8) is 0 Å². The molecular weight excluding hydrogens is 482 g/mol. The maximum atomic E-state index is 10.4. The zero-order valence-electron chi connectivity index (χ0n) is 10.7. The summed E-state index contributed by atoms with van der Waals surface area (Å²) in [6, 6.07) is 2.94. The average molecular weight is 487 g/mol. The molecule has 0 radical (unpaired) electrons. The van der Waals surface area contributed by atoms with E-state index < -0.39 is 9.85 Å². The predicted molar refractivity (Wildman–Crippen MR) is 92.1 cm³/mol. The Morgan fingerprint density at radius 2 is 1.48 bits per heavy atom. The van der Waals surface area contributed by atoms with Crippen molar-refractivity contribution >= 4 is 77.0 Å². The Hall–Kier alpha value is -1.70. The fourth-order valence-electron chi connectivity index (χ4n) is 1.25. The number of rotatable bonds is 4. The fraction of sp³-hybridized carbons (Fsp3) is 0. The van der Waals surface area contributed by atoms with E-state index in [4.69, 9.17) is 5.21 Å². The van der Waals surface area contributed by atoms with Gasteiger partial charge in [0.25, 0.3) is 0 Å². The Bertz CT molecular complexity index is 773. The summed E-state index contributed by atoms with van der Waals surface area (Å²) in [6.07, 6.45) is 1.50. The predicted octanol–water partition coefficient (Wildman–Crippen LogP) is 4.46. The molecule has 0 aliphatic heterocycles. The first-order valence-electron chi connectivity index (χ1n) is 5.30. The Labute approximate surface area is 152 Å². The molecule has 0 unspecified atom stereocenters. The second kappa shape index (κ2) is 8.81. The molecule has 0 aliphatic carbocycles. The molecule has 0 saturated carbocycles. The van der Waals surface area contributed by atoms with Crippen molar-refractivity contribution in [1.29, 1.82) is 0 Å². The molecule has 0 fully saturated rings. The van der Waals surface area contributed by atoms with Crippen molar-refractivity contribution in [2.75, 3.05) is 0 Å². The number of oxime groups is 1. The van der Waals surface area contributed by atoms with Gasteiger partial charge in [0.2, 0.25) is 0 Å². The maximum absolute atomic E-state index is 10.4. The molecule has 0 spiro atoms. The number of nitrogens with zero attached hydrogens (tertiary/aromatic N) is 3. The third kappa shape index (κ3) is 5.46. The Kier molecular flexibility index (Phi) is 7.41. The summed E-state index contributed by atoms with van der Waals surface area (Å²) in [5, 5.41) is 31.3. The Balaban J connectivity index is 0.000000231. The van der Waals surface area contributed by atoms with E-state index in [0.29, 0.717) is 19.4 Å². The van der Waals surface area contributed by atoms with Crippen molar-refractivity contribution in [3.8, 4) is 0 Å². The van der Waals surface area contributed by atoms with Gasteiger partial charge in [-0.25, -0.2) is 0 Å². The molecule has 0 aromatic carbocycles. The van der Waals surface area contributed by atoms with Crippen LogP contribution in [0, 0.1) is 20.2 Å². The zero-order chi connectivity index (χ0) is 17.6. The van der Waals surface area contributed by atoms with Gasteiger partial charge in [-0.05, 0) is 44.0 Å². The van der Waals surface area contributed by atoms with Crippen LogP contribution in [-0.2, 0) is 0 Å². The first kappa shape index (κ1) is 19.3. The first-order valence-corrected chi connectivity index (χ1v) is 8.52. The fourth-order valence-corrected chi connectivity index (χ4v) is 4.01. The lowest BCUT2D eigenvalue weighted by Crippen LogP contribution is -1.88.